The smallest absolute Gasteiger partial charge is 0.248 e. The Morgan fingerprint density at radius 1 is 1.31 bits per heavy atom. The monoisotopic (exact) mass is 230 g/mol. The van der Waals surface area contributed by atoms with Crippen molar-refractivity contribution in [2.24, 2.45) is 0 Å². The third-order valence-corrected chi connectivity index (χ3v) is 2.68. The summed E-state index contributed by atoms with van der Waals surface area (Å²) in [5.74, 6) is 0.0670. The number of rotatable bonds is 5. The molecule has 0 aromatic carbocycles. The second-order valence-electron chi connectivity index (χ2n) is 4.31. The first-order chi connectivity index (χ1) is 7.63. The molecule has 5 nitrogen and oxygen atoms in total. The maximum Gasteiger partial charge on any atom is 0.248 e. The third kappa shape index (κ3) is 4.47. The number of hydrogen-bond acceptors (Lipinski definition) is 4. The molecule has 1 saturated heterocycles. The van der Waals surface area contributed by atoms with Gasteiger partial charge in [0.2, 0.25) is 5.91 Å². The molecule has 5 heteroatoms. The van der Waals surface area contributed by atoms with E-state index in [0.717, 1.165) is 26.2 Å². The zero-order valence-electron chi connectivity index (χ0n) is 10.2. The third-order valence-electron chi connectivity index (χ3n) is 2.68. The summed E-state index contributed by atoms with van der Waals surface area (Å²) in [5.41, 5.74) is 0. The van der Waals surface area contributed by atoms with Crippen LogP contribution in [-0.4, -0.2) is 72.9 Å². The predicted molar refractivity (Wildman–Crippen MR) is 61.2 cm³/mol. The van der Waals surface area contributed by atoms with Crippen molar-refractivity contribution >= 4 is 5.91 Å². The zero-order chi connectivity index (χ0) is 12.0. The van der Waals surface area contributed by atoms with E-state index in [1.165, 1.54) is 0 Å². The second kappa shape index (κ2) is 6.83. The van der Waals surface area contributed by atoms with Gasteiger partial charge in [0.15, 0.2) is 0 Å². The first kappa shape index (κ1) is 13.4. The molecular weight excluding hydrogens is 208 g/mol. The van der Waals surface area contributed by atoms with Crippen molar-refractivity contribution in [2.75, 3.05) is 45.9 Å². The van der Waals surface area contributed by atoms with Gasteiger partial charge in [0.25, 0.3) is 0 Å². The van der Waals surface area contributed by atoms with Crippen LogP contribution in [0.3, 0.4) is 0 Å². The Kier molecular flexibility index (Phi) is 5.73. The summed E-state index contributed by atoms with van der Waals surface area (Å²) in [5, 5.41) is 8.80. The van der Waals surface area contributed by atoms with Crippen LogP contribution in [0.25, 0.3) is 0 Å². The van der Waals surface area contributed by atoms with Gasteiger partial charge in [-0.3, -0.25) is 9.69 Å². The summed E-state index contributed by atoms with van der Waals surface area (Å²) >= 11 is 0. The van der Waals surface area contributed by atoms with Gasteiger partial charge in [-0.2, -0.15) is 0 Å². The Labute approximate surface area is 97.0 Å². The number of carbonyl (C=O) groups excluding carboxylic acids is 1. The van der Waals surface area contributed by atoms with E-state index >= 15 is 0 Å². The fourth-order valence-corrected chi connectivity index (χ4v) is 1.69. The maximum absolute atomic E-state index is 11.7. The minimum absolute atomic E-state index is 0.0670. The first-order valence-corrected chi connectivity index (χ1v) is 5.86. The van der Waals surface area contributed by atoms with Gasteiger partial charge >= 0.3 is 0 Å². The van der Waals surface area contributed by atoms with E-state index in [4.69, 9.17) is 9.84 Å². The highest BCUT2D eigenvalue weighted by molar-refractivity contribution is 5.77. The van der Waals surface area contributed by atoms with E-state index in [1.807, 2.05) is 18.7 Å². The van der Waals surface area contributed by atoms with E-state index in [9.17, 15) is 4.79 Å². The molecule has 0 saturated carbocycles. The number of carbonyl (C=O) groups is 1. The average molecular weight is 230 g/mol. The van der Waals surface area contributed by atoms with Gasteiger partial charge in [-0.15, -0.1) is 0 Å². The highest BCUT2D eigenvalue weighted by atomic mass is 16.5. The molecule has 16 heavy (non-hydrogen) atoms. The quantitative estimate of drug-likeness (QED) is 0.695. The molecule has 0 radical (unpaired) electrons. The van der Waals surface area contributed by atoms with Crippen LogP contribution >= 0.6 is 0 Å². The van der Waals surface area contributed by atoms with E-state index in [1.54, 1.807) is 0 Å². The summed E-state index contributed by atoms with van der Waals surface area (Å²) in [6, 6.07) is 0. The van der Waals surface area contributed by atoms with Crippen LogP contribution in [-0.2, 0) is 9.53 Å². The molecule has 1 fully saturated rings. The Balaban J connectivity index is 2.22. The van der Waals surface area contributed by atoms with Crippen LogP contribution in [0.1, 0.15) is 13.8 Å². The summed E-state index contributed by atoms with van der Waals surface area (Å²) < 4.78 is 5.29. The number of ether oxygens (including phenoxy) is 1. The minimum Gasteiger partial charge on any atom is -0.395 e. The van der Waals surface area contributed by atoms with Gasteiger partial charge in [-0.25, -0.2) is 0 Å². The van der Waals surface area contributed by atoms with Crippen molar-refractivity contribution < 1.29 is 14.6 Å². The van der Waals surface area contributed by atoms with Crippen LogP contribution in [0.2, 0.25) is 0 Å². The summed E-state index contributed by atoms with van der Waals surface area (Å²) in [7, 11) is 0. The summed E-state index contributed by atoms with van der Waals surface area (Å²) in [4.78, 5) is 15.7. The molecule has 1 heterocycles. The van der Waals surface area contributed by atoms with Crippen LogP contribution in [0.15, 0.2) is 0 Å². The largest absolute Gasteiger partial charge is 0.395 e. The van der Waals surface area contributed by atoms with Gasteiger partial charge in [-0.1, -0.05) is 0 Å². The maximum atomic E-state index is 11.7. The number of aliphatic hydroxyl groups is 1. The van der Waals surface area contributed by atoms with Crippen LogP contribution in [0.4, 0.5) is 0 Å². The van der Waals surface area contributed by atoms with Crippen molar-refractivity contribution in [1.82, 2.24) is 9.80 Å². The first-order valence-electron chi connectivity index (χ1n) is 5.86. The molecule has 0 spiro atoms. The van der Waals surface area contributed by atoms with Crippen molar-refractivity contribution in [3.8, 4) is 0 Å². The molecule has 0 aliphatic carbocycles. The number of nitrogens with zero attached hydrogens (tertiary/aromatic N) is 2. The van der Waals surface area contributed by atoms with Gasteiger partial charge in [0.1, 0.15) is 6.61 Å². The average Bonchev–Trinajstić information content (AvgIpc) is 2.27. The van der Waals surface area contributed by atoms with E-state index in [-0.39, 0.29) is 25.2 Å². The van der Waals surface area contributed by atoms with Gasteiger partial charge < -0.3 is 14.7 Å². The molecule has 1 N–H and O–H groups in total. The lowest BCUT2D eigenvalue weighted by atomic mass is 10.3. The van der Waals surface area contributed by atoms with Crippen LogP contribution < -0.4 is 0 Å². The van der Waals surface area contributed by atoms with Gasteiger partial charge in [-0.05, 0) is 13.8 Å². The van der Waals surface area contributed by atoms with E-state index in [2.05, 4.69) is 4.90 Å². The van der Waals surface area contributed by atoms with Crippen molar-refractivity contribution in [3.05, 3.63) is 0 Å². The van der Waals surface area contributed by atoms with Gasteiger partial charge in [0.05, 0.1) is 12.7 Å². The predicted octanol–water partition coefficient (Wildman–Crippen LogP) is -0.452. The fourth-order valence-electron chi connectivity index (χ4n) is 1.69. The van der Waals surface area contributed by atoms with Crippen molar-refractivity contribution in [2.45, 2.75) is 20.0 Å². The van der Waals surface area contributed by atoms with E-state index < -0.39 is 0 Å². The molecule has 0 aromatic heterocycles. The number of piperazine rings is 1. The lowest BCUT2D eigenvalue weighted by Gasteiger charge is -2.34. The number of β-amino-alcohol motifs (C(OH)–C–C–N with tert-alkyl or cyclic N) is 1. The number of amides is 1. The summed E-state index contributed by atoms with van der Waals surface area (Å²) in [6.07, 6.45) is 0.0969. The Hall–Kier alpha value is -0.650. The molecule has 0 bridgehead atoms. The molecule has 1 aliphatic heterocycles. The minimum atomic E-state index is 0.0670. The SMILES string of the molecule is CC(C)OCC(=O)N1CCN(CCO)CC1. The van der Waals surface area contributed by atoms with Crippen molar-refractivity contribution in [3.63, 3.8) is 0 Å². The second-order valence-corrected chi connectivity index (χ2v) is 4.31. The Bertz CT molecular complexity index is 213. The fraction of sp³-hybridized carbons (Fsp3) is 0.909. The lowest BCUT2D eigenvalue weighted by molar-refractivity contribution is -0.139. The van der Waals surface area contributed by atoms with Crippen LogP contribution in [0, 0.1) is 0 Å². The summed E-state index contributed by atoms with van der Waals surface area (Å²) in [6.45, 7) is 8.06. The standard InChI is InChI=1S/C11H22N2O3/c1-10(2)16-9-11(15)13-5-3-12(4-6-13)7-8-14/h10,14H,3-9H2,1-2H3. The van der Waals surface area contributed by atoms with E-state index in [0.29, 0.717) is 6.54 Å². The molecule has 0 atom stereocenters. The van der Waals surface area contributed by atoms with Gasteiger partial charge in [0, 0.05) is 32.7 Å². The Morgan fingerprint density at radius 2 is 1.94 bits per heavy atom. The highest BCUT2D eigenvalue weighted by Crippen LogP contribution is 2.02. The van der Waals surface area contributed by atoms with Crippen molar-refractivity contribution in [1.29, 1.82) is 0 Å². The number of aliphatic hydroxyl groups excluding tert-OH is 1. The highest BCUT2D eigenvalue weighted by Gasteiger charge is 2.20. The lowest BCUT2D eigenvalue weighted by Crippen LogP contribution is -2.50. The molecule has 94 valence electrons. The molecule has 0 unspecified atom stereocenters. The van der Waals surface area contributed by atoms with Crippen LogP contribution in [0.5, 0.6) is 0 Å². The Morgan fingerprint density at radius 3 is 2.44 bits per heavy atom. The topological polar surface area (TPSA) is 53.0 Å². The molecule has 0 aromatic rings. The molecular formula is C11H22N2O3. The number of hydrogen-bond donors (Lipinski definition) is 1. The molecule has 1 rings (SSSR count). The molecule has 1 amide bonds. The zero-order valence-corrected chi connectivity index (χ0v) is 10.2. The molecule has 1 aliphatic rings. The normalized spacial score (nSPS) is 18.1.